The van der Waals surface area contributed by atoms with E-state index in [9.17, 15) is 0 Å². The predicted octanol–water partition coefficient (Wildman–Crippen LogP) is 1.62. The summed E-state index contributed by atoms with van der Waals surface area (Å²) in [6.07, 6.45) is 2.82. The summed E-state index contributed by atoms with van der Waals surface area (Å²) in [5.41, 5.74) is 0. The zero-order chi connectivity index (χ0) is 10.9. The summed E-state index contributed by atoms with van der Waals surface area (Å²) in [6, 6.07) is 3.82. The van der Waals surface area contributed by atoms with Gasteiger partial charge in [-0.25, -0.2) is 0 Å². The maximum atomic E-state index is 3.96. The highest BCUT2D eigenvalue weighted by Crippen LogP contribution is 1.98. The van der Waals surface area contributed by atoms with E-state index >= 15 is 0 Å². The van der Waals surface area contributed by atoms with E-state index in [1.54, 1.807) is 6.20 Å². The maximum Gasteiger partial charge on any atom is 0.148 e. The molecule has 0 aliphatic rings. The first-order valence-electron chi connectivity index (χ1n) is 5.60. The van der Waals surface area contributed by atoms with Gasteiger partial charge in [0, 0.05) is 12.7 Å². The number of rotatable bonds is 7. The summed E-state index contributed by atoms with van der Waals surface area (Å²) >= 11 is 0. The molecule has 0 aliphatic heterocycles. The van der Waals surface area contributed by atoms with Crippen LogP contribution in [0.4, 0.5) is 5.82 Å². The topological polar surface area (TPSA) is 41.0 Å². The molecule has 1 rings (SSSR count). The Hall–Kier alpha value is -1.16. The van der Waals surface area contributed by atoms with Gasteiger partial charge in [-0.2, -0.15) is 5.10 Å². The largest absolute Gasteiger partial charge is 0.369 e. The first kappa shape index (κ1) is 11.9. The third kappa shape index (κ3) is 4.74. The molecule has 0 spiro atoms. The molecule has 1 aromatic heterocycles. The molecule has 0 unspecified atom stereocenters. The Kier molecular flexibility index (Phi) is 5.70. The Labute approximate surface area is 91.7 Å². The number of aromatic nitrogens is 2. The van der Waals surface area contributed by atoms with Crippen molar-refractivity contribution in [1.29, 1.82) is 0 Å². The average molecular weight is 208 g/mol. The van der Waals surface area contributed by atoms with Crippen LogP contribution in [0, 0.1) is 0 Å². The van der Waals surface area contributed by atoms with Crippen LogP contribution in [0.2, 0.25) is 0 Å². The second-order valence-electron chi connectivity index (χ2n) is 3.42. The molecule has 0 atom stereocenters. The smallest absolute Gasteiger partial charge is 0.148 e. The van der Waals surface area contributed by atoms with E-state index in [2.05, 4.69) is 34.3 Å². The minimum atomic E-state index is 0.858. The number of nitrogens with one attached hydrogen (secondary N) is 1. The molecule has 1 heterocycles. The highest BCUT2D eigenvalue weighted by atomic mass is 15.2. The summed E-state index contributed by atoms with van der Waals surface area (Å²) in [5.74, 6) is 0.858. The zero-order valence-corrected chi connectivity index (χ0v) is 9.61. The van der Waals surface area contributed by atoms with Gasteiger partial charge in [-0.3, -0.25) is 0 Å². The van der Waals surface area contributed by atoms with Gasteiger partial charge in [0.1, 0.15) is 5.82 Å². The molecule has 0 saturated carbocycles. The molecule has 0 bridgehead atoms. The second-order valence-corrected chi connectivity index (χ2v) is 3.42. The van der Waals surface area contributed by atoms with Gasteiger partial charge in [-0.05, 0) is 38.2 Å². The quantitative estimate of drug-likeness (QED) is 0.691. The fourth-order valence-corrected chi connectivity index (χ4v) is 1.45. The third-order valence-electron chi connectivity index (χ3n) is 2.42. The molecule has 1 N–H and O–H groups in total. The van der Waals surface area contributed by atoms with Crippen molar-refractivity contribution in [2.75, 3.05) is 31.5 Å². The fraction of sp³-hybridized carbons (Fsp3) is 0.636. The van der Waals surface area contributed by atoms with Crippen molar-refractivity contribution in [3.05, 3.63) is 18.3 Å². The van der Waals surface area contributed by atoms with Crippen molar-refractivity contribution in [3.8, 4) is 0 Å². The molecule has 1 aromatic rings. The first-order valence-corrected chi connectivity index (χ1v) is 5.60. The fourth-order valence-electron chi connectivity index (χ4n) is 1.45. The van der Waals surface area contributed by atoms with E-state index in [1.807, 2.05) is 12.1 Å². The van der Waals surface area contributed by atoms with Crippen molar-refractivity contribution >= 4 is 5.82 Å². The summed E-state index contributed by atoms with van der Waals surface area (Å²) in [7, 11) is 0. The van der Waals surface area contributed by atoms with E-state index in [1.165, 1.54) is 0 Å². The summed E-state index contributed by atoms with van der Waals surface area (Å²) in [5, 5.41) is 11.0. The molecule has 15 heavy (non-hydrogen) atoms. The van der Waals surface area contributed by atoms with E-state index in [4.69, 9.17) is 0 Å². The van der Waals surface area contributed by atoms with Crippen molar-refractivity contribution < 1.29 is 0 Å². The number of nitrogens with zero attached hydrogens (tertiary/aromatic N) is 3. The minimum Gasteiger partial charge on any atom is -0.369 e. The summed E-state index contributed by atoms with van der Waals surface area (Å²) < 4.78 is 0. The highest BCUT2D eigenvalue weighted by molar-refractivity contribution is 5.30. The van der Waals surface area contributed by atoms with Crippen LogP contribution < -0.4 is 5.32 Å². The number of anilines is 1. The van der Waals surface area contributed by atoms with Crippen LogP contribution in [0.5, 0.6) is 0 Å². The van der Waals surface area contributed by atoms with Crippen molar-refractivity contribution in [1.82, 2.24) is 15.1 Å². The van der Waals surface area contributed by atoms with Crippen LogP contribution >= 0.6 is 0 Å². The first-order chi connectivity index (χ1) is 7.36. The van der Waals surface area contributed by atoms with Crippen molar-refractivity contribution in [3.63, 3.8) is 0 Å². The van der Waals surface area contributed by atoms with Crippen LogP contribution in [0.25, 0.3) is 0 Å². The third-order valence-corrected chi connectivity index (χ3v) is 2.42. The highest BCUT2D eigenvalue weighted by Gasteiger charge is 1.98. The predicted molar refractivity (Wildman–Crippen MR) is 62.9 cm³/mol. The molecule has 4 heteroatoms. The molecule has 0 saturated heterocycles. The lowest BCUT2D eigenvalue weighted by atomic mass is 10.3. The lowest BCUT2D eigenvalue weighted by molar-refractivity contribution is 0.303. The Balaban J connectivity index is 2.12. The van der Waals surface area contributed by atoms with Gasteiger partial charge >= 0.3 is 0 Å². The Bertz CT molecular complexity index is 246. The standard InChI is InChI=1S/C11H20N4/c1-3-15(4-2)10-6-8-12-11-7-5-9-13-14-11/h5,7,9H,3-4,6,8,10H2,1-2H3,(H,12,14). The van der Waals surface area contributed by atoms with Crippen molar-refractivity contribution in [2.45, 2.75) is 20.3 Å². The van der Waals surface area contributed by atoms with Gasteiger partial charge in [0.25, 0.3) is 0 Å². The lowest BCUT2D eigenvalue weighted by Gasteiger charge is -2.17. The van der Waals surface area contributed by atoms with Gasteiger partial charge in [-0.1, -0.05) is 13.8 Å². The van der Waals surface area contributed by atoms with Gasteiger partial charge in [0.15, 0.2) is 0 Å². The van der Waals surface area contributed by atoms with Gasteiger partial charge in [0.2, 0.25) is 0 Å². The van der Waals surface area contributed by atoms with Gasteiger partial charge < -0.3 is 10.2 Å². The van der Waals surface area contributed by atoms with E-state index in [0.717, 1.165) is 38.4 Å². The van der Waals surface area contributed by atoms with Crippen LogP contribution in [0.1, 0.15) is 20.3 Å². The minimum absolute atomic E-state index is 0.858. The molecule has 0 aliphatic carbocycles. The zero-order valence-electron chi connectivity index (χ0n) is 9.61. The van der Waals surface area contributed by atoms with E-state index in [0.29, 0.717) is 0 Å². The second kappa shape index (κ2) is 7.17. The maximum absolute atomic E-state index is 3.96. The molecule has 0 radical (unpaired) electrons. The number of hydrogen-bond donors (Lipinski definition) is 1. The van der Waals surface area contributed by atoms with Crippen LogP contribution in [-0.4, -0.2) is 41.3 Å². The Morgan fingerprint density at radius 2 is 2.13 bits per heavy atom. The molecule has 0 fully saturated rings. The van der Waals surface area contributed by atoms with Gasteiger partial charge in [-0.15, -0.1) is 5.10 Å². The van der Waals surface area contributed by atoms with Crippen LogP contribution in [-0.2, 0) is 0 Å². The van der Waals surface area contributed by atoms with E-state index < -0.39 is 0 Å². The Morgan fingerprint density at radius 3 is 2.73 bits per heavy atom. The summed E-state index contributed by atoms with van der Waals surface area (Å²) in [6.45, 7) is 8.73. The van der Waals surface area contributed by atoms with E-state index in [-0.39, 0.29) is 0 Å². The molecular weight excluding hydrogens is 188 g/mol. The average Bonchev–Trinajstić information content (AvgIpc) is 2.31. The molecular formula is C11H20N4. The van der Waals surface area contributed by atoms with Crippen LogP contribution in [0.15, 0.2) is 18.3 Å². The monoisotopic (exact) mass is 208 g/mol. The summed E-state index contributed by atoms with van der Waals surface area (Å²) in [4.78, 5) is 2.42. The van der Waals surface area contributed by atoms with Crippen LogP contribution in [0.3, 0.4) is 0 Å². The normalized spacial score (nSPS) is 10.6. The molecule has 84 valence electrons. The lowest BCUT2D eigenvalue weighted by Crippen LogP contribution is -2.25. The molecule has 4 nitrogen and oxygen atoms in total. The molecule has 0 amide bonds. The molecule has 0 aromatic carbocycles. The van der Waals surface area contributed by atoms with Gasteiger partial charge in [0.05, 0.1) is 0 Å². The SMILES string of the molecule is CCN(CC)CCCNc1cccnn1. The van der Waals surface area contributed by atoms with Crippen molar-refractivity contribution in [2.24, 2.45) is 0 Å². The number of hydrogen-bond acceptors (Lipinski definition) is 4. The Morgan fingerprint density at radius 1 is 1.33 bits per heavy atom.